The first kappa shape index (κ1) is 27.2. The summed E-state index contributed by atoms with van der Waals surface area (Å²) in [5, 5.41) is 1.07. The van der Waals surface area contributed by atoms with Crippen LogP contribution in [0.25, 0.3) is 33.6 Å². The predicted octanol–water partition coefficient (Wildman–Crippen LogP) is 3.75. The molecule has 0 spiro atoms. The van der Waals surface area contributed by atoms with Crippen LogP contribution in [0.1, 0.15) is 36.0 Å². The molecule has 2 N–H and O–H groups in total. The molecule has 1 amide bonds. The highest BCUT2D eigenvalue weighted by Crippen LogP contribution is 2.38. The maximum Gasteiger partial charge on any atom is 0.254 e. The molecule has 1 aliphatic carbocycles. The van der Waals surface area contributed by atoms with Crippen LogP contribution in [0.2, 0.25) is 0 Å². The molecule has 0 radical (unpaired) electrons. The molecule has 3 atom stereocenters. The fraction of sp³-hybridized carbons (Fsp3) is 0.516. The lowest BCUT2D eigenvalue weighted by Gasteiger charge is -2.41. The third kappa shape index (κ3) is 4.68. The molecule has 0 unspecified atom stereocenters. The maximum absolute atomic E-state index is 14.2. The molecular formula is C31H38FN7O3. The first-order valence-corrected chi connectivity index (χ1v) is 14.8. The summed E-state index contributed by atoms with van der Waals surface area (Å²) in [4.78, 5) is 27.5. The van der Waals surface area contributed by atoms with E-state index in [-0.39, 0.29) is 24.9 Å². The number of fused-ring (bicyclic) bond motifs is 2. The third-order valence-electron chi connectivity index (χ3n) is 9.01. The van der Waals surface area contributed by atoms with Crippen molar-refractivity contribution in [2.75, 3.05) is 45.4 Å². The number of anilines is 1. The number of alkyl halides is 1. The molecule has 3 fully saturated rings. The van der Waals surface area contributed by atoms with Gasteiger partial charge in [0.25, 0.3) is 5.91 Å². The molecule has 3 aliphatic rings. The highest BCUT2D eigenvalue weighted by Gasteiger charge is 2.32. The SMILES string of the molecule is COC[C@H]1CCN1c1ccc2cc(-c3nc4cc(C(=O)N5C[C@H](N)C[C@@H](F)C5)cc(OC)c4n3C)n(CC3CC3)c2n1. The Bertz CT molecular complexity index is 1650. The van der Waals surface area contributed by atoms with Gasteiger partial charge in [0.1, 0.15) is 28.9 Å². The number of nitrogens with zero attached hydrogens (tertiary/aromatic N) is 6. The molecule has 222 valence electrons. The summed E-state index contributed by atoms with van der Waals surface area (Å²) in [6, 6.07) is 9.88. The van der Waals surface area contributed by atoms with Crippen molar-refractivity contribution in [2.45, 2.75) is 50.5 Å². The van der Waals surface area contributed by atoms with Crippen molar-refractivity contribution in [2.24, 2.45) is 18.7 Å². The number of ether oxygens (including phenoxy) is 2. The summed E-state index contributed by atoms with van der Waals surface area (Å²) in [6.07, 6.45) is 2.67. The number of likely N-dealkylation sites (tertiary alicyclic amines) is 1. The standard InChI is InChI=1S/C31H38FN7O3/c1-36-28-24(10-20(12-26(28)42-3)31(40)37-15-21(32)13-22(33)16-37)34-30(36)25-11-19-6-7-27(38-9-8-23(38)17-41-2)35-29(19)39(25)14-18-4-5-18/h6-7,10-12,18,21-23H,4-5,8-9,13-17,33H2,1-3H3/t21-,22-,23-/m1/s1. The number of imidazole rings is 1. The second kappa shape index (κ2) is 10.5. The molecule has 5 heterocycles. The van der Waals surface area contributed by atoms with Crippen LogP contribution >= 0.6 is 0 Å². The number of halogens is 1. The maximum atomic E-state index is 14.2. The van der Waals surface area contributed by atoms with Gasteiger partial charge in [-0.1, -0.05) is 0 Å². The van der Waals surface area contributed by atoms with E-state index in [4.69, 9.17) is 25.2 Å². The van der Waals surface area contributed by atoms with Crippen LogP contribution in [0, 0.1) is 5.92 Å². The topological polar surface area (TPSA) is 104 Å². The van der Waals surface area contributed by atoms with Gasteiger partial charge in [-0.3, -0.25) is 4.79 Å². The molecule has 7 rings (SSSR count). The molecule has 42 heavy (non-hydrogen) atoms. The van der Waals surface area contributed by atoms with Crippen LogP contribution in [-0.4, -0.2) is 88.6 Å². The van der Waals surface area contributed by atoms with E-state index in [1.54, 1.807) is 26.4 Å². The van der Waals surface area contributed by atoms with Crippen LogP contribution in [0.5, 0.6) is 5.75 Å². The fourth-order valence-corrected chi connectivity index (χ4v) is 6.56. The molecule has 2 saturated heterocycles. The smallest absolute Gasteiger partial charge is 0.254 e. The fourth-order valence-electron chi connectivity index (χ4n) is 6.56. The van der Waals surface area contributed by atoms with Gasteiger partial charge < -0.3 is 34.1 Å². The second-order valence-electron chi connectivity index (χ2n) is 12.1. The number of pyridine rings is 1. The number of amides is 1. The molecule has 0 bridgehead atoms. The number of piperidine rings is 1. The minimum absolute atomic E-state index is 0.0419. The zero-order valence-corrected chi connectivity index (χ0v) is 24.4. The molecule has 1 saturated carbocycles. The van der Waals surface area contributed by atoms with Crippen LogP contribution in [-0.2, 0) is 18.3 Å². The molecule has 2 aliphatic heterocycles. The van der Waals surface area contributed by atoms with Gasteiger partial charge in [0, 0.05) is 50.8 Å². The van der Waals surface area contributed by atoms with Gasteiger partial charge in [0.15, 0.2) is 5.82 Å². The van der Waals surface area contributed by atoms with Crippen molar-refractivity contribution in [3.8, 4) is 17.3 Å². The van der Waals surface area contributed by atoms with Gasteiger partial charge in [-0.25, -0.2) is 14.4 Å². The summed E-state index contributed by atoms with van der Waals surface area (Å²) in [6.45, 7) is 2.91. The Morgan fingerprint density at radius 2 is 1.95 bits per heavy atom. The summed E-state index contributed by atoms with van der Waals surface area (Å²) >= 11 is 0. The second-order valence-corrected chi connectivity index (χ2v) is 12.1. The van der Waals surface area contributed by atoms with Crippen LogP contribution in [0.4, 0.5) is 10.2 Å². The first-order chi connectivity index (χ1) is 20.3. The number of nitrogens with two attached hydrogens (primary N) is 1. The van der Waals surface area contributed by atoms with Gasteiger partial charge in [-0.15, -0.1) is 0 Å². The predicted molar refractivity (Wildman–Crippen MR) is 160 cm³/mol. The number of aromatic nitrogens is 4. The monoisotopic (exact) mass is 575 g/mol. The molecule has 3 aromatic heterocycles. The molecule has 1 aromatic carbocycles. The van der Waals surface area contributed by atoms with Crippen LogP contribution in [0.3, 0.4) is 0 Å². The van der Waals surface area contributed by atoms with E-state index in [1.807, 2.05) is 11.6 Å². The van der Waals surface area contributed by atoms with E-state index in [0.29, 0.717) is 41.9 Å². The number of benzene rings is 1. The van der Waals surface area contributed by atoms with E-state index >= 15 is 0 Å². The van der Waals surface area contributed by atoms with E-state index in [2.05, 4.69) is 27.7 Å². The van der Waals surface area contributed by atoms with Crippen molar-refractivity contribution in [3.05, 3.63) is 35.9 Å². The van der Waals surface area contributed by atoms with Gasteiger partial charge in [-0.05, 0) is 61.9 Å². The van der Waals surface area contributed by atoms with E-state index < -0.39 is 6.17 Å². The van der Waals surface area contributed by atoms with Crippen molar-refractivity contribution < 1.29 is 18.7 Å². The van der Waals surface area contributed by atoms with Crippen LogP contribution in [0.15, 0.2) is 30.3 Å². The number of hydrogen-bond donors (Lipinski definition) is 1. The number of hydrogen-bond acceptors (Lipinski definition) is 7. The number of carbonyl (C=O) groups excluding carboxylic acids is 1. The summed E-state index contributed by atoms with van der Waals surface area (Å²) in [5.41, 5.74) is 9.80. The van der Waals surface area contributed by atoms with E-state index in [1.165, 1.54) is 17.7 Å². The molecule has 4 aromatic rings. The van der Waals surface area contributed by atoms with E-state index in [0.717, 1.165) is 53.4 Å². The average Bonchev–Trinajstić information content (AvgIpc) is 3.63. The Morgan fingerprint density at radius 3 is 2.64 bits per heavy atom. The first-order valence-electron chi connectivity index (χ1n) is 14.8. The zero-order valence-electron chi connectivity index (χ0n) is 24.4. The normalized spacial score (nSPS) is 22.6. The largest absolute Gasteiger partial charge is 0.494 e. The van der Waals surface area contributed by atoms with Crippen molar-refractivity contribution >= 4 is 33.8 Å². The minimum atomic E-state index is -1.13. The number of rotatable bonds is 8. The summed E-state index contributed by atoms with van der Waals surface area (Å²) in [5.74, 6) is 2.65. The Morgan fingerprint density at radius 1 is 1.12 bits per heavy atom. The van der Waals surface area contributed by atoms with Crippen molar-refractivity contribution in [1.29, 1.82) is 0 Å². The minimum Gasteiger partial charge on any atom is -0.494 e. The molecule has 10 nitrogen and oxygen atoms in total. The number of aryl methyl sites for hydroxylation is 1. The molecule has 11 heteroatoms. The summed E-state index contributed by atoms with van der Waals surface area (Å²) < 4.78 is 29.8. The molecular weight excluding hydrogens is 537 g/mol. The number of methoxy groups -OCH3 is 2. The average molecular weight is 576 g/mol. The van der Waals surface area contributed by atoms with Crippen molar-refractivity contribution in [3.63, 3.8) is 0 Å². The number of carbonyl (C=O) groups is 1. The van der Waals surface area contributed by atoms with Gasteiger partial charge >= 0.3 is 0 Å². The van der Waals surface area contributed by atoms with Gasteiger partial charge in [0.2, 0.25) is 0 Å². The van der Waals surface area contributed by atoms with Gasteiger partial charge in [-0.2, -0.15) is 0 Å². The zero-order chi connectivity index (χ0) is 29.1. The lowest BCUT2D eigenvalue weighted by atomic mass is 10.0. The Kier molecular flexibility index (Phi) is 6.81. The van der Waals surface area contributed by atoms with E-state index in [9.17, 15) is 9.18 Å². The Labute approximate surface area is 244 Å². The Balaban J connectivity index is 1.31. The lowest BCUT2D eigenvalue weighted by molar-refractivity contribution is 0.0606. The van der Waals surface area contributed by atoms with Crippen molar-refractivity contribution in [1.82, 2.24) is 24.0 Å². The highest BCUT2D eigenvalue weighted by molar-refractivity contribution is 6.00. The lowest BCUT2D eigenvalue weighted by Crippen LogP contribution is -2.50. The highest BCUT2D eigenvalue weighted by atomic mass is 19.1. The van der Waals surface area contributed by atoms with Gasteiger partial charge in [0.05, 0.1) is 37.5 Å². The Hall–Kier alpha value is -3.70. The third-order valence-corrected chi connectivity index (χ3v) is 9.01. The quantitative estimate of drug-likeness (QED) is 0.341. The summed E-state index contributed by atoms with van der Waals surface area (Å²) in [7, 11) is 5.30. The van der Waals surface area contributed by atoms with Crippen LogP contribution < -0.4 is 15.4 Å².